The van der Waals surface area contributed by atoms with E-state index < -0.39 is 6.10 Å². The van der Waals surface area contributed by atoms with Crippen molar-refractivity contribution in [3.8, 4) is 0 Å². The van der Waals surface area contributed by atoms with Gasteiger partial charge in [0, 0.05) is 19.1 Å². The van der Waals surface area contributed by atoms with Gasteiger partial charge in [0.05, 0.1) is 11.8 Å². The summed E-state index contributed by atoms with van der Waals surface area (Å²) >= 11 is 0. The smallest absolute Gasteiger partial charge is 0.146 e. The van der Waals surface area contributed by atoms with Gasteiger partial charge in [-0.15, -0.1) is 0 Å². The lowest BCUT2D eigenvalue weighted by Gasteiger charge is -2.23. The van der Waals surface area contributed by atoms with Gasteiger partial charge in [-0.2, -0.15) is 0 Å². The maximum Gasteiger partial charge on any atom is 0.146 e. The number of hydrogen-bond donors (Lipinski definition) is 1. The van der Waals surface area contributed by atoms with Gasteiger partial charge in [-0.3, -0.25) is 0 Å². The predicted octanol–water partition coefficient (Wildman–Crippen LogP) is 2.27. The van der Waals surface area contributed by atoms with Crippen molar-refractivity contribution in [2.75, 3.05) is 32.1 Å². The normalized spacial score (nSPS) is 25.1. The Bertz CT molecular complexity index is 448. The Balaban J connectivity index is 2.20. The molecule has 0 aromatic heterocycles. The molecule has 3 atom stereocenters. The first-order chi connectivity index (χ1) is 8.90. The molecule has 4 heteroatoms. The molecule has 0 bridgehead atoms. The van der Waals surface area contributed by atoms with Crippen LogP contribution in [-0.2, 0) is 0 Å². The van der Waals surface area contributed by atoms with Gasteiger partial charge in [0.15, 0.2) is 0 Å². The topological polar surface area (TPSA) is 26.7 Å². The van der Waals surface area contributed by atoms with Crippen LogP contribution in [0.15, 0.2) is 18.2 Å². The van der Waals surface area contributed by atoms with Gasteiger partial charge in [0.25, 0.3) is 0 Å². The SMILES string of the molecule is CC(O)c1ccc(N2CC(C)C(N(C)C)C2)c(F)c1. The molecule has 1 fully saturated rings. The van der Waals surface area contributed by atoms with E-state index >= 15 is 0 Å². The molecule has 1 N–H and O–H groups in total. The van der Waals surface area contributed by atoms with Crippen LogP contribution in [-0.4, -0.2) is 43.2 Å². The molecule has 1 saturated heterocycles. The third-order valence-electron chi connectivity index (χ3n) is 4.03. The number of benzene rings is 1. The van der Waals surface area contributed by atoms with Crippen LogP contribution in [0.2, 0.25) is 0 Å². The minimum Gasteiger partial charge on any atom is -0.389 e. The highest BCUT2D eigenvalue weighted by Crippen LogP contribution is 2.29. The Labute approximate surface area is 114 Å². The minimum atomic E-state index is -0.629. The van der Waals surface area contributed by atoms with Gasteiger partial charge >= 0.3 is 0 Å². The van der Waals surface area contributed by atoms with Crippen molar-refractivity contribution < 1.29 is 9.50 Å². The highest BCUT2D eigenvalue weighted by molar-refractivity contribution is 5.50. The second kappa shape index (κ2) is 5.47. The van der Waals surface area contributed by atoms with Crippen LogP contribution < -0.4 is 4.90 Å². The molecule has 106 valence electrons. The summed E-state index contributed by atoms with van der Waals surface area (Å²) in [5.41, 5.74) is 1.26. The first-order valence-electron chi connectivity index (χ1n) is 6.79. The quantitative estimate of drug-likeness (QED) is 0.909. The molecule has 3 nitrogen and oxygen atoms in total. The third-order valence-corrected chi connectivity index (χ3v) is 4.03. The zero-order valence-corrected chi connectivity index (χ0v) is 12.1. The Morgan fingerprint density at radius 2 is 2.05 bits per heavy atom. The summed E-state index contributed by atoms with van der Waals surface area (Å²) in [6, 6.07) is 5.47. The molecule has 1 heterocycles. The fourth-order valence-corrected chi connectivity index (χ4v) is 2.86. The number of nitrogens with zero attached hydrogens (tertiary/aromatic N) is 2. The molecule has 1 aromatic carbocycles. The molecule has 0 radical (unpaired) electrons. The fourth-order valence-electron chi connectivity index (χ4n) is 2.86. The molecule has 0 aliphatic carbocycles. The largest absolute Gasteiger partial charge is 0.389 e. The first kappa shape index (κ1) is 14.3. The Hall–Kier alpha value is -1.13. The number of aliphatic hydroxyl groups excluding tert-OH is 1. The van der Waals surface area contributed by atoms with E-state index in [9.17, 15) is 9.50 Å². The number of anilines is 1. The van der Waals surface area contributed by atoms with E-state index in [0.717, 1.165) is 13.1 Å². The monoisotopic (exact) mass is 266 g/mol. The summed E-state index contributed by atoms with van der Waals surface area (Å²) in [5.74, 6) is 0.274. The Morgan fingerprint density at radius 1 is 1.37 bits per heavy atom. The molecule has 1 aliphatic heterocycles. The van der Waals surface area contributed by atoms with Crippen LogP contribution in [0.4, 0.5) is 10.1 Å². The molecular weight excluding hydrogens is 243 g/mol. The van der Waals surface area contributed by atoms with E-state index in [1.165, 1.54) is 6.07 Å². The molecule has 0 amide bonds. The lowest BCUT2D eigenvalue weighted by molar-refractivity contribution is 0.199. The maximum atomic E-state index is 14.2. The molecule has 19 heavy (non-hydrogen) atoms. The van der Waals surface area contributed by atoms with Crippen molar-refractivity contribution in [3.63, 3.8) is 0 Å². The highest BCUT2D eigenvalue weighted by Gasteiger charge is 2.32. The van der Waals surface area contributed by atoms with E-state index in [4.69, 9.17) is 0 Å². The van der Waals surface area contributed by atoms with E-state index in [0.29, 0.717) is 23.2 Å². The zero-order valence-electron chi connectivity index (χ0n) is 12.1. The number of halogens is 1. The first-order valence-corrected chi connectivity index (χ1v) is 6.79. The van der Waals surface area contributed by atoms with Gasteiger partial charge < -0.3 is 14.9 Å². The molecule has 0 spiro atoms. The van der Waals surface area contributed by atoms with Gasteiger partial charge in [0.1, 0.15) is 5.82 Å². The molecule has 3 unspecified atom stereocenters. The fraction of sp³-hybridized carbons (Fsp3) is 0.600. The summed E-state index contributed by atoms with van der Waals surface area (Å²) in [6.45, 7) is 5.56. The van der Waals surface area contributed by atoms with Crippen molar-refractivity contribution in [2.45, 2.75) is 26.0 Å². The predicted molar refractivity (Wildman–Crippen MR) is 75.9 cm³/mol. The van der Waals surface area contributed by atoms with Crippen LogP contribution in [0.3, 0.4) is 0 Å². The van der Waals surface area contributed by atoms with Crippen LogP contribution in [0.5, 0.6) is 0 Å². The number of likely N-dealkylation sites (N-methyl/N-ethyl adjacent to an activating group) is 1. The summed E-state index contributed by atoms with van der Waals surface area (Å²) in [7, 11) is 4.13. The molecule has 0 saturated carbocycles. The van der Waals surface area contributed by atoms with Crippen molar-refractivity contribution in [3.05, 3.63) is 29.6 Å². The van der Waals surface area contributed by atoms with Crippen molar-refractivity contribution in [1.29, 1.82) is 0 Å². The summed E-state index contributed by atoms with van der Waals surface area (Å²) in [5, 5.41) is 9.47. The molecule has 1 aromatic rings. The number of rotatable bonds is 3. The summed E-state index contributed by atoms with van der Waals surface area (Å²) < 4.78 is 14.2. The lowest BCUT2D eigenvalue weighted by Crippen LogP contribution is -2.34. The van der Waals surface area contributed by atoms with Crippen molar-refractivity contribution in [1.82, 2.24) is 4.90 Å². The zero-order chi connectivity index (χ0) is 14.2. The number of aliphatic hydroxyl groups is 1. The van der Waals surface area contributed by atoms with Crippen molar-refractivity contribution in [2.24, 2.45) is 5.92 Å². The Morgan fingerprint density at radius 3 is 2.53 bits per heavy atom. The average molecular weight is 266 g/mol. The van der Waals surface area contributed by atoms with E-state index in [1.54, 1.807) is 19.1 Å². The third kappa shape index (κ3) is 2.90. The van der Waals surface area contributed by atoms with Gasteiger partial charge in [-0.25, -0.2) is 4.39 Å². The average Bonchev–Trinajstić information content (AvgIpc) is 2.71. The van der Waals surface area contributed by atoms with E-state index in [-0.39, 0.29) is 5.82 Å². The van der Waals surface area contributed by atoms with Gasteiger partial charge in [-0.1, -0.05) is 13.0 Å². The van der Waals surface area contributed by atoms with Crippen LogP contribution >= 0.6 is 0 Å². The van der Waals surface area contributed by atoms with Gasteiger partial charge in [0.2, 0.25) is 0 Å². The summed E-state index contributed by atoms with van der Waals surface area (Å²) in [6.07, 6.45) is -0.629. The van der Waals surface area contributed by atoms with Crippen LogP contribution in [0.25, 0.3) is 0 Å². The maximum absolute atomic E-state index is 14.2. The second-order valence-corrected chi connectivity index (χ2v) is 5.80. The van der Waals surface area contributed by atoms with Gasteiger partial charge in [-0.05, 0) is 44.6 Å². The summed E-state index contributed by atoms with van der Waals surface area (Å²) in [4.78, 5) is 4.29. The minimum absolute atomic E-state index is 0.245. The standard InChI is InChI=1S/C15H23FN2O/c1-10-8-18(9-15(10)17(3)4)14-6-5-12(11(2)19)7-13(14)16/h5-7,10-11,15,19H,8-9H2,1-4H3. The van der Waals surface area contributed by atoms with Crippen molar-refractivity contribution >= 4 is 5.69 Å². The Kier molecular flexibility index (Phi) is 4.11. The molecular formula is C15H23FN2O. The lowest BCUT2D eigenvalue weighted by atomic mass is 10.1. The van der Waals surface area contributed by atoms with E-state index in [2.05, 4.69) is 30.8 Å². The molecule has 2 rings (SSSR count). The second-order valence-electron chi connectivity index (χ2n) is 5.80. The van der Waals surface area contributed by atoms with Crippen LogP contribution in [0, 0.1) is 11.7 Å². The molecule has 1 aliphatic rings. The van der Waals surface area contributed by atoms with E-state index in [1.807, 2.05) is 0 Å². The highest BCUT2D eigenvalue weighted by atomic mass is 19.1. The van der Waals surface area contributed by atoms with Crippen LogP contribution in [0.1, 0.15) is 25.5 Å². The number of hydrogen-bond acceptors (Lipinski definition) is 3.